The van der Waals surface area contributed by atoms with Crippen molar-refractivity contribution in [1.29, 1.82) is 0 Å². The van der Waals surface area contributed by atoms with Crippen LogP contribution in [0.3, 0.4) is 0 Å². The first-order valence-electron chi connectivity index (χ1n) is 8.57. The van der Waals surface area contributed by atoms with Crippen molar-refractivity contribution in [3.05, 3.63) is 45.5 Å². The fourth-order valence-corrected chi connectivity index (χ4v) is 5.26. The van der Waals surface area contributed by atoms with Gasteiger partial charge in [-0.15, -0.1) is 0 Å². The number of carboxylic acid groups (broad SMARTS) is 2. The molecular formula is C19H21Cl2NO4. The minimum Gasteiger partial charge on any atom is -0.478 e. The maximum absolute atomic E-state index is 12.1. The van der Waals surface area contributed by atoms with Crippen LogP contribution in [0.5, 0.6) is 0 Å². The maximum Gasteiger partial charge on any atom is 0.332 e. The Kier molecular flexibility index (Phi) is 5.33. The lowest BCUT2D eigenvalue weighted by Crippen LogP contribution is -2.44. The van der Waals surface area contributed by atoms with Crippen LogP contribution in [0.15, 0.2) is 29.8 Å². The Balaban J connectivity index is 2.19. The summed E-state index contributed by atoms with van der Waals surface area (Å²) in [5.74, 6) is -2.44. The van der Waals surface area contributed by atoms with Crippen molar-refractivity contribution >= 4 is 35.1 Å². The number of rotatable bonds is 4. The third-order valence-corrected chi connectivity index (χ3v) is 6.54. The lowest BCUT2D eigenvalue weighted by molar-refractivity contribution is -0.136. The summed E-state index contributed by atoms with van der Waals surface area (Å²) >= 11 is 12.3. The van der Waals surface area contributed by atoms with Gasteiger partial charge in [0.15, 0.2) is 0 Å². The summed E-state index contributed by atoms with van der Waals surface area (Å²) in [5.41, 5.74) is 0.140. The quantitative estimate of drug-likeness (QED) is 0.753. The van der Waals surface area contributed by atoms with Crippen LogP contribution in [-0.4, -0.2) is 47.2 Å². The van der Waals surface area contributed by atoms with Crippen LogP contribution in [0.4, 0.5) is 0 Å². The number of benzene rings is 1. The van der Waals surface area contributed by atoms with E-state index in [-0.39, 0.29) is 17.4 Å². The number of halogens is 2. The van der Waals surface area contributed by atoms with Crippen LogP contribution < -0.4 is 0 Å². The van der Waals surface area contributed by atoms with Gasteiger partial charge in [-0.3, -0.25) is 0 Å². The Bertz CT molecular complexity index is 779. The first kappa shape index (κ1) is 19.2. The monoisotopic (exact) mass is 397 g/mol. The van der Waals surface area contributed by atoms with Gasteiger partial charge in [0.05, 0.1) is 15.6 Å². The second-order valence-electron chi connectivity index (χ2n) is 7.29. The second kappa shape index (κ2) is 7.22. The zero-order valence-corrected chi connectivity index (χ0v) is 15.9. The molecule has 1 aromatic carbocycles. The smallest absolute Gasteiger partial charge is 0.332 e. The molecule has 0 bridgehead atoms. The number of carbonyl (C=O) groups is 2. The topological polar surface area (TPSA) is 77.8 Å². The molecule has 2 N–H and O–H groups in total. The molecule has 1 saturated heterocycles. The SMILES string of the molecule is CN1C[C@@H]2CCC[C@H](c3ccc(Cl)c(Cl)c3)[C@]2(C(=CC(=O)O)C(=O)O)C1. The third-order valence-electron chi connectivity index (χ3n) is 5.81. The largest absolute Gasteiger partial charge is 0.478 e. The van der Waals surface area contributed by atoms with E-state index in [0.29, 0.717) is 16.6 Å². The molecule has 0 aromatic heterocycles. The summed E-state index contributed by atoms with van der Waals surface area (Å²) in [4.78, 5) is 25.5. The Hall–Kier alpha value is -1.56. The van der Waals surface area contributed by atoms with Gasteiger partial charge < -0.3 is 15.1 Å². The minimum atomic E-state index is -1.23. The van der Waals surface area contributed by atoms with Crippen molar-refractivity contribution in [3.63, 3.8) is 0 Å². The highest BCUT2D eigenvalue weighted by atomic mass is 35.5. The summed E-state index contributed by atoms with van der Waals surface area (Å²) in [6.45, 7) is 1.26. The summed E-state index contributed by atoms with van der Waals surface area (Å²) in [6.07, 6.45) is 3.51. The van der Waals surface area contributed by atoms with Gasteiger partial charge >= 0.3 is 11.9 Å². The molecule has 1 heterocycles. The average Bonchev–Trinajstić information content (AvgIpc) is 2.91. The van der Waals surface area contributed by atoms with Crippen molar-refractivity contribution in [2.75, 3.05) is 20.1 Å². The van der Waals surface area contributed by atoms with Crippen molar-refractivity contribution in [1.82, 2.24) is 4.90 Å². The van der Waals surface area contributed by atoms with Crippen LogP contribution in [-0.2, 0) is 9.59 Å². The Morgan fingerprint density at radius 1 is 1.23 bits per heavy atom. The minimum absolute atomic E-state index is 0.0184. The van der Waals surface area contributed by atoms with Gasteiger partial charge in [-0.05, 0) is 49.4 Å². The van der Waals surface area contributed by atoms with E-state index in [1.807, 2.05) is 13.1 Å². The molecule has 26 heavy (non-hydrogen) atoms. The van der Waals surface area contributed by atoms with Gasteiger partial charge in [0, 0.05) is 24.6 Å². The number of fused-ring (bicyclic) bond motifs is 1. The summed E-state index contributed by atoms with van der Waals surface area (Å²) in [7, 11) is 1.95. The van der Waals surface area contributed by atoms with Crippen LogP contribution in [0, 0.1) is 11.3 Å². The number of hydrogen-bond acceptors (Lipinski definition) is 3. The van der Waals surface area contributed by atoms with E-state index in [2.05, 4.69) is 4.90 Å². The molecule has 2 fully saturated rings. The van der Waals surface area contributed by atoms with E-state index in [1.54, 1.807) is 12.1 Å². The summed E-state index contributed by atoms with van der Waals surface area (Å²) in [6, 6.07) is 5.38. The van der Waals surface area contributed by atoms with Crippen molar-refractivity contribution in [3.8, 4) is 0 Å². The highest BCUT2D eigenvalue weighted by Crippen LogP contribution is 2.58. The van der Waals surface area contributed by atoms with Crippen molar-refractivity contribution in [2.24, 2.45) is 11.3 Å². The van der Waals surface area contributed by atoms with E-state index in [4.69, 9.17) is 23.2 Å². The standard InChI is InChI=1S/C19H21Cl2NO4/c1-22-9-12-3-2-4-13(11-5-6-15(20)16(21)7-11)19(12,10-22)14(18(25)26)8-17(23)24/h5-8,12-13H,2-4,9-10H2,1H3,(H,23,24)(H,25,26)/t12-,13+,19-/m0/s1. The number of nitrogens with zero attached hydrogens (tertiary/aromatic N) is 1. The van der Waals surface area contributed by atoms with Gasteiger partial charge in [0.25, 0.3) is 0 Å². The predicted octanol–water partition coefficient (Wildman–Crippen LogP) is 3.90. The number of hydrogen-bond donors (Lipinski definition) is 2. The van der Waals surface area contributed by atoms with E-state index < -0.39 is 17.4 Å². The molecule has 2 aliphatic rings. The molecule has 1 aliphatic carbocycles. The van der Waals surface area contributed by atoms with E-state index in [9.17, 15) is 19.8 Å². The molecule has 1 aliphatic heterocycles. The highest BCUT2D eigenvalue weighted by molar-refractivity contribution is 6.42. The molecule has 1 aromatic rings. The van der Waals surface area contributed by atoms with E-state index in [1.165, 1.54) is 0 Å². The molecule has 0 unspecified atom stereocenters. The summed E-state index contributed by atoms with van der Waals surface area (Å²) < 4.78 is 0. The Morgan fingerprint density at radius 2 is 1.96 bits per heavy atom. The summed E-state index contributed by atoms with van der Waals surface area (Å²) in [5, 5.41) is 20.0. The van der Waals surface area contributed by atoms with Crippen molar-refractivity contribution in [2.45, 2.75) is 25.2 Å². The van der Waals surface area contributed by atoms with E-state index >= 15 is 0 Å². The molecule has 1 saturated carbocycles. The van der Waals surface area contributed by atoms with Gasteiger partial charge in [-0.2, -0.15) is 0 Å². The van der Waals surface area contributed by atoms with Crippen molar-refractivity contribution < 1.29 is 19.8 Å². The number of carboxylic acids is 2. The molecular weight excluding hydrogens is 377 g/mol. The van der Waals surface area contributed by atoms with Crippen LogP contribution in [0.2, 0.25) is 10.0 Å². The lowest BCUT2D eigenvalue weighted by atomic mass is 9.56. The van der Waals surface area contributed by atoms with Crippen LogP contribution >= 0.6 is 23.2 Å². The molecule has 3 atom stereocenters. The van der Waals surface area contributed by atoms with Gasteiger partial charge in [0.1, 0.15) is 0 Å². The molecule has 0 spiro atoms. The molecule has 7 heteroatoms. The fraction of sp³-hybridized carbons (Fsp3) is 0.474. The molecule has 5 nitrogen and oxygen atoms in total. The van der Waals surface area contributed by atoms with Gasteiger partial charge in [0.2, 0.25) is 0 Å². The molecule has 3 rings (SSSR count). The van der Waals surface area contributed by atoms with Crippen LogP contribution in [0.1, 0.15) is 30.7 Å². The van der Waals surface area contributed by atoms with Gasteiger partial charge in [-0.1, -0.05) is 35.7 Å². The Morgan fingerprint density at radius 3 is 2.58 bits per heavy atom. The normalized spacial score (nSPS) is 29.4. The van der Waals surface area contributed by atoms with Crippen LogP contribution in [0.25, 0.3) is 0 Å². The number of aliphatic carboxylic acids is 2. The van der Waals surface area contributed by atoms with E-state index in [0.717, 1.165) is 37.4 Å². The zero-order valence-electron chi connectivity index (χ0n) is 14.4. The third kappa shape index (κ3) is 3.24. The number of likely N-dealkylation sites (tertiary alicyclic amines) is 1. The molecule has 140 valence electrons. The highest BCUT2D eigenvalue weighted by Gasteiger charge is 2.56. The molecule has 0 amide bonds. The Labute approximate surface area is 162 Å². The fourth-order valence-electron chi connectivity index (χ4n) is 4.95. The second-order valence-corrected chi connectivity index (χ2v) is 8.11. The average molecular weight is 398 g/mol. The lowest BCUT2D eigenvalue weighted by Gasteiger charge is -2.46. The predicted molar refractivity (Wildman–Crippen MR) is 99.8 cm³/mol. The maximum atomic E-state index is 12.1. The molecule has 0 radical (unpaired) electrons. The first-order valence-corrected chi connectivity index (χ1v) is 9.33. The zero-order chi connectivity index (χ0) is 19.1. The first-order chi connectivity index (χ1) is 12.3. The van der Waals surface area contributed by atoms with Gasteiger partial charge in [-0.25, -0.2) is 9.59 Å².